The quantitative estimate of drug-likeness (QED) is 0.737. The van der Waals surface area contributed by atoms with Crippen LogP contribution in [-0.2, 0) is 9.88 Å². The van der Waals surface area contributed by atoms with Crippen molar-refractivity contribution in [2.45, 2.75) is 30.5 Å². The number of hydrogen-bond donors (Lipinski definition) is 0. The van der Waals surface area contributed by atoms with Crippen LogP contribution in [0.25, 0.3) is 0 Å². The second kappa shape index (κ2) is 5.18. The Kier molecular flexibility index (Phi) is 3.39. The van der Waals surface area contributed by atoms with Gasteiger partial charge in [0.05, 0.1) is 6.04 Å². The van der Waals surface area contributed by atoms with Crippen LogP contribution in [0.2, 0.25) is 0 Å². The number of fused-ring (bicyclic) bond motifs is 3. The van der Waals surface area contributed by atoms with Crippen molar-refractivity contribution in [3.05, 3.63) is 56.2 Å². The molecule has 1 aromatic rings. The molecule has 22 heavy (non-hydrogen) atoms. The van der Waals surface area contributed by atoms with Crippen LogP contribution < -0.4 is 0 Å². The first-order valence-corrected chi connectivity index (χ1v) is 6.85. The van der Waals surface area contributed by atoms with E-state index in [-0.39, 0.29) is 33.9 Å². The normalized spacial score (nSPS) is 37.5. The number of benzene rings is 1. The van der Waals surface area contributed by atoms with E-state index in [9.17, 15) is 20.8 Å². The maximum Gasteiger partial charge on any atom is 0.0658 e. The third kappa shape index (κ3) is 2.06. The smallest absolute Gasteiger partial charge is 0.0658 e. The molecule has 4 rings (SSSR count). The standard InChI is InChI=1S/C12H12N4O6/c17-13-6-11(15(19)21-13)9-5-10-12(16(20)22-14(10)18)8-4-2-1-3-7(8)9/h1-4,9-12H,5-6H2/q-4. The maximum absolute atomic E-state index is 11.8. The molecule has 0 spiro atoms. The van der Waals surface area contributed by atoms with E-state index in [2.05, 4.69) is 9.88 Å². The summed E-state index contributed by atoms with van der Waals surface area (Å²) in [5, 5.41) is 47.7. The van der Waals surface area contributed by atoms with Crippen molar-refractivity contribution in [3.8, 4) is 0 Å². The highest BCUT2D eigenvalue weighted by atomic mass is 17.1. The summed E-state index contributed by atoms with van der Waals surface area (Å²) < 4.78 is 0. The van der Waals surface area contributed by atoms with Crippen molar-refractivity contribution in [1.82, 2.24) is 20.9 Å². The van der Waals surface area contributed by atoms with E-state index in [4.69, 9.17) is 0 Å². The molecular weight excluding hydrogens is 296 g/mol. The van der Waals surface area contributed by atoms with Crippen molar-refractivity contribution in [2.24, 2.45) is 0 Å². The molecule has 10 heteroatoms. The van der Waals surface area contributed by atoms with Gasteiger partial charge in [-0.1, -0.05) is 24.3 Å². The highest BCUT2D eigenvalue weighted by Gasteiger charge is 2.45. The molecule has 3 aliphatic rings. The summed E-state index contributed by atoms with van der Waals surface area (Å²) in [6.07, 6.45) is 0.227. The summed E-state index contributed by atoms with van der Waals surface area (Å²) in [6, 6.07) is 4.84. The van der Waals surface area contributed by atoms with E-state index in [1.807, 2.05) is 0 Å². The molecule has 4 unspecified atom stereocenters. The Labute approximate surface area is 125 Å². The topological polar surface area (TPSA) is 124 Å². The lowest BCUT2D eigenvalue weighted by Crippen LogP contribution is -2.41. The number of rotatable bonds is 1. The Balaban J connectivity index is 1.75. The fourth-order valence-electron chi connectivity index (χ4n) is 3.53. The molecule has 4 atom stereocenters. The second-order valence-corrected chi connectivity index (χ2v) is 5.59. The lowest BCUT2D eigenvalue weighted by atomic mass is 9.74. The molecule has 0 bridgehead atoms. The first kappa shape index (κ1) is 14.4. The SMILES string of the molecule is [O-]N1CC(C2CC3C(c4ccccc42)N([O-])ON3[O-])N([O-])O1. The monoisotopic (exact) mass is 308 g/mol. The first-order valence-electron chi connectivity index (χ1n) is 6.85. The van der Waals surface area contributed by atoms with Crippen LogP contribution in [0.1, 0.15) is 29.5 Å². The summed E-state index contributed by atoms with van der Waals surface area (Å²) in [5.74, 6) is -0.402. The predicted octanol–water partition coefficient (Wildman–Crippen LogP) is 0.872. The third-order valence-corrected chi connectivity index (χ3v) is 4.48. The molecule has 0 radical (unpaired) electrons. The van der Waals surface area contributed by atoms with Crippen LogP contribution in [0, 0.1) is 20.8 Å². The van der Waals surface area contributed by atoms with Crippen LogP contribution in [0.3, 0.4) is 0 Å². The van der Waals surface area contributed by atoms with Gasteiger partial charge in [0.25, 0.3) is 0 Å². The lowest BCUT2D eigenvalue weighted by Gasteiger charge is -2.43. The average molecular weight is 308 g/mol. The molecule has 120 valence electrons. The van der Waals surface area contributed by atoms with Crippen LogP contribution in [0.5, 0.6) is 0 Å². The second-order valence-electron chi connectivity index (χ2n) is 5.59. The van der Waals surface area contributed by atoms with Crippen LogP contribution in [0.15, 0.2) is 24.3 Å². The van der Waals surface area contributed by atoms with E-state index in [1.165, 1.54) is 0 Å². The fourth-order valence-corrected chi connectivity index (χ4v) is 3.53. The van der Waals surface area contributed by atoms with Crippen LogP contribution in [-0.4, -0.2) is 39.5 Å². The third-order valence-electron chi connectivity index (χ3n) is 4.48. The van der Waals surface area contributed by atoms with E-state index in [0.717, 1.165) is 5.56 Å². The molecule has 2 heterocycles. The molecule has 1 aromatic carbocycles. The molecule has 0 N–H and O–H groups in total. The van der Waals surface area contributed by atoms with E-state index < -0.39 is 24.0 Å². The minimum absolute atomic E-state index is 0.124. The van der Waals surface area contributed by atoms with Gasteiger partial charge in [0.1, 0.15) is 0 Å². The van der Waals surface area contributed by atoms with Crippen molar-refractivity contribution in [1.29, 1.82) is 0 Å². The largest absolute Gasteiger partial charge is 0.761 e. The Bertz CT molecular complexity index is 576. The molecule has 1 aliphatic carbocycles. The first-order chi connectivity index (χ1) is 10.6. The Morgan fingerprint density at radius 2 is 1.55 bits per heavy atom. The van der Waals surface area contributed by atoms with Gasteiger partial charge in [0, 0.05) is 24.5 Å². The molecule has 2 saturated heterocycles. The zero-order valence-corrected chi connectivity index (χ0v) is 11.3. The predicted molar refractivity (Wildman–Crippen MR) is 72.0 cm³/mol. The van der Waals surface area contributed by atoms with Gasteiger partial charge in [-0.2, -0.15) is 0 Å². The van der Waals surface area contributed by atoms with Crippen molar-refractivity contribution in [3.63, 3.8) is 0 Å². The van der Waals surface area contributed by atoms with Gasteiger partial charge in [0.15, 0.2) is 0 Å². The summed E-state index contributed by atoms with van der Waals surface area (Å²) in [5.41, 5.74) is 1.39. The number of hydroxylamine groups is 8. The van der Waals surface area contributed by atoms with E-state index in [0.29, 0.717) is 5.56 Å². The van der Waals surface area contributed by atoms with Crippen LogP contribution in [0.4, 0.5) is 0 Å². The molecular formula is C12H12N4O6-4. The molecule has 2 fully saturated rings. The summed E-state index contributed by atoms with van der Waals surface area (Å²) in [4.78, 5) is 9.05. The van der Waals surface area contributed by atoms with Gasteiger partial charge < -0.3 is 20.8 Å². The highest BCUT2D eigenvalue weighted by molar-refractivity contribution is 5.38. The summed E-state index contributed by atoms with van der Waals surface area (Å²) in [7, 11) is 0. The van der Waals surface area contributed by atoms with Gasteiger partial charge in [-0.3, -0.25) is 0 Å². The van der Waals surface area contributed by atoms with Crippen molar-refractivity contribution in [2.75, 3.05) is 6.54 Å². The van der Waals surface area contributed by atoms with Gasteiger partial charge in [-0.25, -0.2) is 30.8 Å². The lowest BCUT2D eigenvalue weighted by molar-refractivity contribution is -0.236. The average Bonchev–Trinajstić information content (AvgIpc) is 2.97. The van der Waals surface area contributed by atoms with E-state index >= 15 is 0 Å². The minimum atomic E-state index is -0.742. The molecule has 10 nitrogen and oxygen atoms in total. The number of hydrogen-bond acceptors (Lipinski definition) is 10. The fraction of sp³-hybridized carbons (Fsp3) is 0.500. The van der Waals surface area contributed by atoms with Gasteiger partial charge in [-0.05, 0) is 17.5 Å². The minimum Gasteiger partial charge on any atom is -0.761 e. The highest BCUT2D eigenvalue weighted by Crippen LogP contribution is 2.48. The number of nitrogens with zero attached hydrogens (tertiary/aromatic N) is 4. The van der Waals surface area contributed by atoms with Gasteiger partial charge >= 0.3 is 0 Å². The Morgan fingerprint density at radius 1 is 0.864 bits per heavy atom. The van der Waals surface area contributed by atoms with Crippen molar-refractivity contribution >= 4 is 0 Å². The van der Waals surface area contributed by atoms with Crippen LogP contribution >= 0.6 is 0 Å². The molecule has 0 saturated carbocycles. The van der Waals surface area contributed by atoms with E-state index in [1.54, 1.807) is 24.3 Å². The van der Waals surface area contributed by atoms with Gasteiger partial charge in [0.2, 0.25) is 0 Å². The zero-order chi connectivity index (χ0) is 15.4. The molecule has 0 amide bonds. The zero-order valence-electron chi connectivity index (χ0n) is 11.3. The summed E-state index contributed by atoms with van der Waals surface area (Å²) >= 11 is 0. The molecule has 0 aromatic heterocycles. The Morgan fingerprint density at radius 3 is 2.23 bits per heavy atom. The summed E-state index contributed by atoms with van der Waals surface area (Å²) in [6.45, 7) is -0.124. The maximum atomic E-state index is 11.8. The van der Waals surface area contributed by atoms with Gasteiger partial charge in [-0.15, -0.1) is 0 Å². The van der Waals surface area contributed by atoms with Crippen molar-refractivity contribution < 1.29 is 9.88 Å². The Hall–Kier alpha value is -1.18. The molecule has 2 aliphatic heterocycles.